The maximum Gasteiger partial charge on any atom is 0.161 e. The van der Waals surface area contributed by atoms with Gasteiger partial charge in [0.15, 0.2) is 5.78 Å². The SMILES string of the molecule is CCN(c1sc(C2CCNC2)c(C(C)=O)c1C)C1CCOCC1. The molecule has 0 saturated carbocycles. The summed E-state index contributed by atoms with van der Waals surface area (Å²) in [4.78, 5) is 16.1. The van der Waals surface area contributed by atoms with E-state index in [2.05, 4.69) is 24.1 Å². The van der Waals surface area contributed by atoms with Crippen LogP contribution in [0.15, 0.2) is 0 Å². The van der Waals surface area contributed by atoms with Gasteiger partial charge in [0, 0.05) is 48.7 Å². The van der Waals surface area contributed by atoms with E-state index in [1.165, 1.54) is 15.4 Å². The van der Waals surface area contributed by atoms with Crippen LogP contribution in [-0.2, 0) is 4.74 Å². The second-order valence-electron chi connectivity index (χ2n) is 6.65. The molecule has 128 valence electrons. The Morgan fingerprint density at radius 3 is 2.65 bits per heavy atom. The summed E-state index contributed by atoms with van der Waals surface area (Å²) >= 11 is 1.86. The topological polar surface area (TPSA) is 41.6 Å². The fraction of sp³-hybridized carbons (Fsp3) is 0.722. The van der Waals surface area contributed by atoms with Crippen molar-refractivity contribution in [3.05, 3.63) is 16.0 Å². The highest BCUT2D eigenvalue weighted by molar-refractivity contribution is 7.16. The van der Waals surface area contributed by atoms with Crippen LogP contribution in [-0.4, -0.2) is 44.7 Å². The summed E-state index contributed by atoms with van der Waals surface area (Å²) < 4.78 is 5.52. The van der Waals surface area contributed by atoms with E-state index in [4.69, 9.17) is 4.74 Å². The summed E-state index contributed by atoms with van der Waals surface area (Å²) in [7, 11) is 0. The molecular formula is C18H28N2O2S. The Hall–Kier alpha value is -0.910. The molecule has 23 heavy (non-hydrogen) atoms. The molecule has 1 aromatic rings. The second kappa shape index (κ2) is 7.32. The van der Waals surface area contributed by atoms with Gasteiger partial charge in [-0.25, -0.2) is 0 Å². The van der Waals surface area contributed by atoms with Crippen LogP contribution in [0, 0.1) is 6.92 Å². The number of carbonyl (C=O) groups excluding carboxylic acids is 1. The Labute approximate surface area is 143 Å². The van der Waals surface area contributed by atoms with Crippen molar-refractivity contribution in [2.24, 2.45) is 0 Å². The molecule has 5 heteroatoms. The zero-order chi connectivity index (χ0) is 16.4. The van der Waals surface area contributed by atoms with Crippen molar-refractivity contribution in [1.29, 1.82) is 0 Å². The van der Waals surface area contributed by atoms with Gasteiger partial charge in [0.25, 0.3) is 0 Å². The molecular weight excluding hydrogens is 308 g/mol. The predicted octanol–water partition coefficient (Wildman–Crippen LogP) is 3.34. The van der Waals surface area contributed by atoms with E-state index in [0.29, 0.717) is 12.0 Å². The lowest BCUT2D eigenvalue weighted by Gasteiger charge is -2.35. The van der Waals surface area contributed by atoms with Gasteiger partial charge in [0.1, 0.15) is 0 Å². The Bertz CT molecular complexity index is 558. The molecule has 2 aliphatic heterocycles. The number of rotatable bonds is 5. The number of anilines is 1. The standard InChI is InChI=1S/C18H28N2O2S/c1-4-20(15-6-9-22-10-7-15)18-12(2)16(13(3)21)17(23-18)14-5-8-19-11-14/h14-15,19H,4-11H2,1-3H3. The smallest absolute Gasteiger partial charge is 0.161 e. The lowest BCUT2D eigenvalue weighted by atomic mass is 9.98. The van der Waals surface area contributed by atoms with Crippen molar-refractivity contribution >= 4 is 22.1 Å². The Kier molecular flexibility index (Phi) is 5.39. The third kappa shape index (κ3) is 3.32. The van der Waals surface area contributed by atoms with E-state index in [1.807, 2.05) is 11.3 Å². The molecule has 0 amide bonds. The number of ketones is 1. The first-order valence-corrected chi connectivity index (χ1v) is 9.64. The molecule has 0 aliphatic carbocycles. The minimum absolute atomic E-state index is 0.218. The van der Waals surface area contributed by atoms with E-state index >= 15 is 0 Å². The van der Waals surface area contributed by atoms with Crippen molar-refractivity contribution in [1.82, 2.24) is 5.32 Å². The molecule has 1 atom stereocenters. The van der Waals surface area contributed by atoms with Gasteiger partial charge in [-0.05, 0) is 52.1 Å². The summed E-state index contributed by atoms with van der Waals surface area (Å²) in [5.41, 5.74) is 2.18. The zero-order valence-corrected chi connectivity index (χ0v) is 15.3. The first-order valence-electron chi connectivity index (χ1n) is 8.82. The molecule has 1 unspecified atom stereocenters. The van der Waals surface area contributed by atoms with Gasteiger partial charge in [-0.3, -0.25) is 4.79 Å². The highest BCUT2D eigenvalue weighted by atomic mass is 32.1. The zero-order valence-electron chi connectivity index (χ0n) is 14.5. The molecule has 0 bridgehead atoms. The van der Waals surface area contributed by atoms with E-state index in [9.17, 15) is 4.79 Å². The summed E-state index contributed by atoms with van der Waals surface area (Å²) in [6.07, 6.45) is 3.31. The van der Waals surface area contributed by atoms with E-state index in [-0.39, 0.29) is 5.78 Å². The molecule has 3 rings (SSSR count). The van der Waals surface area contributed by atoms with Gasteiger partial charge in [-0.1, -0.05) is 0 Å². The molecule has 0 spiro atoms. The van der Waals surface area contributed by atoms with Gasteiger partial charge in [-0.2, -0.15) is 0 Å². The van der Waals surface area contributed by atoms with Crippen LogP contribution < -0.4 is 10.2 Å². The summed E-state index contributed by atoms with van der Waals surface area (Å²) in [6.45, 7) is 10.8. The molecule has 1 N–H and O–H groups in total. The number of hydrogen-bond acceptors (Lipinski definition) is 5. The van der Waals surface area contributed by atoms with Crippen LogP contribution in [0.4, 0.5) is 5.00 Å². The minimum Gasteiger partial charge on any atom is -0.381 e. The maximum absolute atomic E-state index is 12.3. The molecule has 2 saturated heterocycles. The van der Waals surface area contributed by atoms with Crippen LogP contribution in [0.5, 0.6) is 0 Å². The third-order valence-corrected chi connectivity index (χ3v) is 6.66. The van der Waals surface area contributed by atoms with E-state index in [0.717, 1.165) is 57.7 Å². The molecule has 4 nitrogen and oxygen atoms in total. The van der Waals surface area contributed by atoms with Gasteiger partial charge in [0.05, 0.1) is 5.00 Å². The maximum atomic E-state index is 12.3. The van der Waals surface area contributed by atoms with Crippen molar-refractivity contribution in [2.45, 2.75) is 52.0 Å². The third-order valence-electron chi connectivity index (χ3n) is 5.17. The number of Topliss-reactive ketones (excluding diaryl/α,β-unsaturated/α-hetero) is 1. The van der Waals surface area contributed by atoms with Crippen LogP contribution in [0.1, 0.15) is 59.8 Å². The minimum atomic E-state index is 0.218. The Balaban J connectivity index is 1.97. The van der Waals surface area contributed by atoms with Crippen LogP contribution in [0.3, 0.4) is 0 Å². The fourth-order valence-corrected chi connectivity index (χ4v) is 5.59. The van der Waals surface area contributed by atoms with Gasteiger partial charge >= 0.3 is 0 Å². The van der Waals surface area contributed by atoms with Gasteiger partial charge in [0.2, 0.25) is 0 Å². The van der Waals surface area contributed by atoms with Crippen LogP contribution >= 0.6 is 11.3 Å². The van der Waals surface area contributed by atoms with Crippen molar-refractivity contribution < 1.29 is 9.53 Å². The van der Waals surface area contributed by atoms with Crippen LogP contribution in [0.25, 0.3) is 0 Å². The molecule has 0 aromatic carbocycles. The average molecular weight is 337 g/mol. The number of ether oxygens (including phenoxy) is 1. The lowest BCUT2D eigenvalue weighted by Crippen LogP contribution is -2.39. The Morgan fingerprint density at radius 2 is 2.09 bits per heavy atom. The number of hydrogen-bond donors (Lipinski definition) is 1. The van der Waals surface area contributed by atoms with Crippen molar-refractivity contribution in [2.75, 3.05) is 37.7 Å². The van der Waals surface area contributed by atoms with Crippen LogP contribution in [0.2, 0.25) is 0 Å². The lowest BCUT2D eigenvalue weighted by molar-refractivity contribution is 0.0847. The number of nitrogens with one attached hydrogen (secondary N) is 1. The molecule has 3 heterocycles. The van der Waals surface area contributed by atoms with Gasteiger partial charge < -0.3 is 15.0 Å². The quantitative estimate of drug-likeness (QED) is 0.838. The largest absolute Gasteiger partial charge is 0.381 e. The second-order valence-corrected chi connectivity index (χ2v) is 7.68. The predicted molar refractivity (Wildman–Crippen MR) is 96.1 cm³/mol. The fourth-order valence-electron chi connectivity index (χ4n) is 3.97. The summed E-state index contributed by atoms with van der Waals surface area (Å²) in [5.74, 6) is 0.717. The number of carbonyl (C=O) groups is 1. The van der Waals surface area contributed by atoms with E-state index < -0.39 is 0 Å². The molecule has 2 fully saturated rings. The molecule has 2 aliphatic rings. The summed E-state index contributed by atoms with van der Waals surface area (Å²) in [6, 6.07) is 0.542. The van der Waals surface area contributed by atoms with E-state index in [1.54, 1.807) is 6.92 Å². The number of thiophene rings is 1. The van der Waals surface area contributed by atoms with Crippen molar-refractivity contribution in [3.63, 3.8) is 0 Å². The normalized spacial score (nSPS) is 22.5. The highest BCUT2D eigenvalue weighted by Crippen LogP contribution is 2.42. The Morgan fingerprint density at radius 1 is 1.35 bits per heavy atom. The summed E-state index contributed by atoms with van der Waals surface area (Å²) in [5, 5.41) is 4.75. The highest BCUT2D eigenvalue weighted by Gasteiger charge is 2.30. The number of nitrogens with zero attached hydrogens (tertiary/aromatic N) is 1. The molecule has 1 aromatic heterocycles. The average Bonchev–Trinajstić information content (AvgIpc) is 3.18. The van der Waals surface area contributed by atoms with Crippen molar-refractivity contribution in [3.8, 4) is 0 Å². The first kappa shape index (κ1) is 16.9. The molecule has 0 radical (unpaired) electrons. The monoisotopic (exact) mass is 336 g/mol. The van der Waals surface area contributed by atoms with Gasteiger partial charge in [-0.15, -0.1) is 11.3 Å². The first-order chi connectivity index (χ1) is 11.1.